The highest BCUT2D eigenvalue weighted by Gasteiger charge is 2.39. The van der Waals surface area contributed by atoms with Crippen molar-refractivity contribution >= 4 is 31.5 Å². The SMILES string of the molecule is CCCCCCCC/C=C\CCCCCCCCCC(=O)O[C@H](COC(=O)CCCCCC[C@H]1C(=O)C[C@@H](O)[C@@H]1/C=C/[C@@H](O)CCCCC)COP(=O)(O)OC[C@H](N)C(=O)O. The zero-order chi connectivity index (χ0) is 45.1. The lowest BCUT2D eigenvalue weighted by molar-refractivity contribution is -0.161. The number of carboxylic acids is 1. The van der Waals surface area contributed by atoms with Crippen LogP contribution in [0.4, 0.5) is 0 Å². The molecule has 0 spiro atoms. The van der Waals surface area contributed by atoms with Gasteiger partial charge >= 0.3 is 25.7 Å². The van der Waals surface area contributed by atoms with Crippen LogP contribution in [0.1, 0.15) is 187 Å². The van der Waals surface area contributed by atoms with E-state index in [2.05, 4.69) is 30.5 Å². The number of hydrogen-bond donors (Lipinski definition) is 5. The Morgan fingerprint density at radius 1 is 0.754 bits per heavy atom. The van der Waals surface area contributed by atoms with E-state index in [0.29, 0.717) is 32.1 Å². The molecule has 14 nitrogen and oxygen atoms in total. The van der Waals surface area contributed by atoms with E-state index in [-0.39, 0.29) is 36.9 Å². The molecule has 354 valence electrons. The molecular weight excluding hydrogens is 805 g/mol. The Bertz CT molecular complexity index is 1290. The highest BCUT2D eigenvalue weighted by atomic mass is 31.2. The van der Waals surface area contributed by atoms with E-state index in [9.17, 15) is 38.8 Å². The van der Waals surface area contributed by atoms with Crippen molar-refractivity contribution in [3.05, 3.63) is 24.3 Å². The average molecular weight is 888 g/mol. The molecule has 1 rings (SSSR count). The molecule has 1 aliphatic carbocycles. The van der Waals surface area contributed by atoms with E-state index in [1.807, 2.05) is 0 Å². The van der Waals surface area contributed by atoms with Crippen molar-refractivity contribution in [2.75, 3.05) is 19.8 Å². The number of hydrogen-bond acceptors (Lipinski definition) is 12. The summed E-state index contributed by atoms with van der Waals surface area (Å²) < 4.78 is 32.7. The number of allylic oxidation sites excluding steroid dienone is 2. The van der Waals surface area contributed by atoms with Gasteiger partial charge in [0.1, 0.15) is 18.4 Å². The second-order valence-corrected chi connectivity index (χ2v) is 18.1. The monoisotopic (exact) mass is 888 g/mol. The van der Waals surface area contributed by atoms with Crippen LogP contribution in [0.15, 0.2) is 24.3 Å². The smallest absolute Gasteiger partial charge is 0.472 e. The highest BCUT2D eigenvalue weighted by Crippen LogP contribution is 2.43. The molecule has 15 heteroatoms. The maximum Gasteiger partial charge on any atom is 0.472 e. The number of aliphatic hydroxyl groups is 2. The third-order valence-electron chi connectivity index (χ3n) is 11.1. The van der Waals surface area contributed by atoms with Crippen molar-refractivity contribution in [1.82, 2.24) is 0 Å². The van der Waals surface area contributed by atoms with Gasteiger partial charge in [-0.2, -0.15) is 0 Å². The molecule has 7 atom stereocenters. The molecule has 1 saturated carbocycles. The summed E-state index contributed by atoms with van der Waals surface area (Å²) in [5, 5.41) is 29.6. The number of aliphatic hydroxyl groups excluding tert-OH is 2. The van der Waals surface area contributed by atoms with E-state index in [1.54, 1.807) is 12.2 Å². The van der Waals surface area contributed by atoms with Crippen LogP contribution in [0.5, 0.6) is 0 Å². The van der Waals surface area contributed by atoms with Crippen LogP contribution in [-0.4, -0.2) is 88.1 Å². The Labute approximate surface area is 366 Å². The number of phosphoric acid groups is 1. The van der Waals surface area contributed by atoms with Crippen LogP contribution in [0, 0.1) is 11.8 Å². The van der Waals surface area contributed by atoms with Gasteiger partial charge in [0.05, 0.1) is 25.4 Å². The average Bonchev–Trinajstić information content (AvgIpc) is 3.49. The van der Waals surface area contributed by atoms with Gasteiger partial charge in [0.15, 0.2) is 6.10 Å². The summed E-state index contributed by atoms with van der Waals surface area (Å²) in [5.74, 6) is -3.17. The number of ketones is 1. The lowest BCUT2D eigenvalue weighted by atomic mass is 9.88. The van der Waals surface area contributed by atoms with E-state index < -0.39 is 69.9 Å². The van der Waals surface area contributed by atoms with Crippen molar-refractivity contribution in [3.8, 4) is 0 Å². The molecule has 0 bridgehead atoms. The summed E-state index contributed by atoms with van der Waals surface area (Å²) in [4.78, 5) is 58.8. The number of nitrogens with two attached hydrogens (primary N) is 1. The second-order valence-electron chi connectivity index (χ2n) is 16.7. The molecule has 0 amide bonds. The Kier molecular flexibility index (Phi) is 33.3. The molecule has 0 aromatic rings. The molecule has 61 heavy (non-hydrogen) atoms. The lowest BCUT2D eigenvalue weighted by Gasteiger charge is -2.20. The van der Waals surface area contributed by atoms with E-state index in [4.69, 9.17) is 24.8 Å². The molecule has 0 saturated heterocycles. The molecule has 0 heterocycles. The topological polar surface area (TPSA) is 229 Å². The van der Waals surface area contributed by atoms with Gasteiger partial charge in [-0.25, -0.2) is 4.57 Å². The largest absolute Gasteiger partial charge is 0.480 e. The van der Waals surface area contributed by atoms with Gasteiger partial charge in [-0.15, -0.1) is 0 Å². The minimum absolute atomic E-state index is 0.0248. The van der Waals surface area contributed by atoms with E-state index in [0.717, 1.165) is 64.2 Å². The first kappa shape index (κ1) is 56.6. The van der Waals surface area contributed by atoms with E-state index >= 15 is 0 Å². The molecule has 0 aromatic heterocycles. The third kappa shape index (κ3) is 30.3. The van der Waals surface area contributed by atoms with E-state index in [1.165, 1.54) is 57.8 Å². The zero-order valence-corrected chi connectivity index (χ0v) is 38.4. The van der Waals surface area contributed by atoms with Gasteiger partial charge in [-0.05, 0) is 51.4 Å². The number of carbonyl (C=O) groups is 4. The quantitative estimate of drug-likeness (QED) is 0.0167. The number of esters is 2. The Morgan fingerprint density at radius 2 is 1.28 bits per heavy atom. The molecule has 1 fully saturated rings. The Hall–Kier alpha value is -2.45. The fraction of sp³-hybridized carbons (Fsp3) is 0.826. The standard InChI is InChI=1S/C46H82NO13P/c1-3-5-7-8-9-10-11-12-13-14-15-16-17-18-19-20-26-30-45(52)60-38(35-58-61(55,56)59-36-41(47)46(53)54)34-57-44(51)29-25-22-21-24-28-39-40(43(50)33-42(39)49)32-31-37(48)27-23-6-4-2/h12-13,31-32,37-41,43,48,50H,3-11,14-30,33-36,47H2,1-2H3,(H,53,54)(H,55,56)/b13-12-,32-31+/t37-,38+,39+,40+,41-,43+/m0/s1. The number of Topliss-reactive ketones (excluding diaryl/α,β-unsaturated/α-hetero) is 1. The van der Waals surface area contributed by atoms with Crippen LogP contribution in [0.25, 0.3) is 0 Å². The predicted octanol–water partition coefficient (Wildman–Crippen LogP) is 9.21. The first-order valence-electron chi connectivity index (χ1n) is 23.5. The zero-order valence-electron chi connectivity index (χ0n) is 37.5. The normalized spacial score (nSPS) is 19.3. The van der Waals surface area contributed by atoms with Gasteiger partial charge in [0, 0.05) is 31.1 Å². The number of unbranched alkanes of at least 4 members (excludes halogenated alkanes) is 18. The number of phosphoric ester groups is 1. The van der Waals surface area contributed by atoms with Crippen LogP contribution in [-0.2, 0) is 42.3 Å². The number of aliphatic carboxylic acids is 1. The summed E-state index contributed by atoms with van der Waals surface area (Å²) in [6, 6.07) is -1.56. The van der Waals surface area contributed by atoms with Crippen LogP contribution in [0.2, 0.25) is 0 Å². The molecule has 1 unspecified atom stereocenters. The maximum atomic E-state index is 12.7. The predicted molar refractivity (Wildman–Crippen MR) is 236 cm³/mol. The van der Waals surface area contributed by atoms with Gasteiger partial charge in [-0.3, -0.25) is 28.2 Å². The highest BCUT2D eigenvalue weighted by molar-refractivity contribution is 7.47. The van der Waals surface area contributed by atoms with Gasteiger partial charge in [-0.1, -0.05) is 141 Å². The molecule has 0 aromatic carbocycles. The molecule has 1 aliphatic rings. The Morgan fingerprint density at radius 3 is 1.89 bits per heavy atom. The van der Waals surface area contributed by atoms with Crippen molar-refractivity contribution in [2.24, 2.45) is 17.6 Å². The molecule has 0 radical (unpaired) electrons. The fourth-order valence-electron chi connectivity index (χ4n) is 7.31. The molecule has 0 aliphatic heterocycles. The number of carboxylic acid groups (broad SMARTS) is 1. The fourth-order valence-corrected chi connectivity index (χ4v) is 8.09. The first-order valence-corrected chi connectivity index (χ1v) is 25.0. The lowest BCUT2D eigenvalue weighted by Crippen LogP contribution is -2.34. The number of carbonyl (C=O) groups excluding carboxylic acids is 3. The number of ether oxygens (including phenoxy) is 2. The van der Waals surface area contributed by atoms with Crippen LogP contribution >= 0.6 is 7.82 Å². The summed E-state index contributed by atoms with van der Waals surface area (Å²) in [6.45, 7) is 2.47. The van der Waals surface area contributed by atoms with Crippen LogP contribution < -0.4 is 5.73 Å². The van der Waals surface area contributed by atoms with Gasteiger partial charge in [0.2, 0.25) is 0 Å². The van der Waals surface area contributed by atoms with Crippen LogP contribution in [0.3, 0.4) is 0 Å². The molecule has 6 N–H and O–H groups in total. The van der Waals surface area contributed by atoms with Crippen molar-refractivity contribution in [2.45, 2.75) is 212 Å². The summed E-state index contributed by atoms with van der Waals surface area (Å²) in [5.41, 5.74) is 5.34. The Balaban J connectivity index is 2.43. The van der Waals surface area contributed by atoms with Crippen molar-refractivity contribution in [1.29, 1.82) is 0 Å². The summed E-state index contributed by atoms with van der Waals surface area (Å²) >= 11 is 0. The minimum Gasteiger partial charge on any atom is -0.480 e. The number of rotatable bonds is 40. The maximum absolute atomic E-state index is 12.7. The van der Waals surface area contributed by atoms with Crippen molar-refractivity contribution < 1.29 is 62.5 Å². The summed E-state index contributed by atoms with van der Waals surface area (Å²) in [7, 11) is -4.78. The summed E-state index contributed by atoms with van der Waals surface area (Å²) in [6.07, 6.45) is 30.0. The van der Waals surface area contributed by atoms with Gasteiger partial charge < -0.3 is 35.4 Å². The molecular formula is C46H82NO13P. The van der Waals surface area contributed by atoms with Gasteiger partial charge in [0.25, 0.3) is 0 Å². The van der Waals surface area contributed by atoms with Crippen molar-refractivity contribution in [3.63, 3.8) is 0 Å². The second kappa shape index (κ2) is 35.9. The first-order chi connectivity index (χ1) is 29.3. The minimum atomic E-state index is -4.78. The third-order valence-corrected chi connectivity index (χ3v) is 12.0.